The van der Waals surface area contributed by atoms with Crippen LogP contribution in [0.2, 0.25) is 29.0 Å². The Balaban J connectivity index is 3.11. The third-order valence-electron chi connectivity index (χ3n) is 2.98. The van der Waals surface area contributed by atoms with Crippen LogP contribution >= 0.6 is 99.7 Å². The predicted molar refractivity (Wildman–Crippen MR) is 98.7 cm³/mol. The van der Waals surface area contributed by atoms with Crippen LogP contribution < -0.4 is 0 Å². The van der Waals surface area contributed by atoms with E-state index in [4.69, 9.17) is 99.7 Å². The lowest BCUT2D eigenvalue weighted by molar-refractivity contribution is 1.09. The topological polar surface area (TPSA) is 0 Å². The molecule has 18 heavy (non-hydrogen) atoms. The van der Waals surface area contributed by atoms with Gasteiger partial charge in [0.1, 0.15) is 0 Å². The number of halogens is 9. The van der Waals surface area contributed by atoms with Crippen molar-refractivity contribution in [3.8, 4) is 0 Å². The van der Waals surface area contributed by atoms with Gasteiger partial charge in [-0.3, -0.25) is 0 Å². The van der Waals surface area contributed by atoms with Crippen LogP contribution in [-0.2, 0) is 0 Å². The molecule has 2 unspecified atom stereocenters. The molecular weight excluding hydrogens is 491 g/mol. The Labute approximate surface area is 153 Å². The highest BCUT2D eigenvalue weighted by molar-refractivity contribution is 7.71. The molecule has 0 aromatic heterocycles. The van der Waals surface area contributed by atoms with Gasteiger partial charge in [-0.05, 0) is 18.6 Å². The molecule has 13 heteroatoms. The third kappa shape index (κ3) is 4.73. The van der Waals surface area contributed by atoms with Crippen LogP contribution in [0.1, 0.15) is 0 Å². The molecule has 1 aliphatic rings. The first-order valence-corrected chi connectivity index (χ1v) is 23.2. The highest BCUT2D eigenvalue weighted by Crippen LogP contribution is 2.62. The van der Waals surface area contributed by atoms with Gasteiger partial charge in [-0.1, -0.05) is 0 Å². The van der Waals surface area contributed by atoms with Crippen molar-refractivity contribution in [2.45, 2.75) is 29.0 Å². The molecule has 1 heterocycles. The van der Waals surface area contributed by atoms with E-state index in [-0.39, 0.29) is 10.3 Å². The Morgan fingerprint density at radius 1 is 0.778 bits per heavy atom. The zero-order valence-electron chi connectivity index (χ0n) is 8.97. The molecule has 0 N–H and O–H groups in total. The molecule has 0 radical (unpaired) electrons. The minimum absolute atomic E-state index is 0.198. The molecule has 1 aliphatic heterocycles. The smallest absolute Gasteiger partial charge is 0.146 e. The summed E-state index contributed by atoms with van der Waals surface area (Å²) >= 11 is 56.6. The highest BCUT2D eigenvalue weighted by Gasteiger charge is 2.65. The normalized spacial score (nSPS) is 32.3. The van der Waals surface area contributed by atoms with E-state index in [1.165, 1.54) is 0 Å². The summed E-state index contributed by atoms with van der Waals surface area (Å²) < 4.78 is 0. The van der Waals surface area contributed by atoms with Gasteiger partial charge in [-0.25, -0.2) is 0 Å². The number of hydrogen-bond acceptors (Lipinski definition) is 0. The van der Waals surface area contributed by atoms with E-state index in [0.717, 1.165) is 0 Å². The summed E-state index contributed by atoms with van der Waals surface area (Å²) in [4.78, 5) is 0. The summed E-state index contributed by atoms with van der Waals surface area (Å²) in [5, 5.41) is -0.572. The van der Waals surface area contributed by atoms with Crippen LogP contribution in [0.15, 0.2) is 0 Å². The maximum Gasteiger partial charge on any atom is 0.343 e. The summed E-state index contributed by atoms with van der Waals surface area (Å²) in [5.41, 5.74) is 0. The van der Waals surface area contributed by atoms with Gasteiger partial charge in [0, 0.05) is 10.3 Å². The maximum atomic E-state index is 6.47. The van der Waals surface area contributed by atoms with E-state index >= 15 is 0 Å². The van der Waals surface area contributed by atoms with Crippen LogP contribution in [0.5, 0.6) is 0 Å². The summed E-state index contributed by atoms with van der Waals surface area (Å²) in [7, 11) is 0. The van der Waals surface area contributed by atoms with E-state index in [2.05, 4.69) is 0 Å². The van der Waals surface area contributed by atoms with Crippen molar-refractivity contribution in [1.82, 2.24) is 0 Å². The monoisotopic (exact) mass is 496 g/mol. The number of hydrogen-bond donors (Lipinski definition) is 0. The van der Waals surface area contributed by atoms with Gasteiger partial charge in [0.15, 0.2) is 0 Å². The Morgan fingerprint density at radius 3 is 1.44 bits per heavy atom. The fourth-order valence-corrected chi connectivity index (χ4v) is 49.4. The van der Waals surface area contributed by atoms with Crippen LogP contribution in [-0.4, -0.2) is 26.1 Å². The molecule has 0 aromatic carbocycles. The first kappa shape index (κ1) is 19.5. The zero-order chi connectivity index (χ0) is 14.6. The molecule has 0 saturated carbocycles. The van der Waals surface area contributed by atoms with Gasteiger partial charge in [-0.2, -0.15) is 0 Å². The van der Waals surface area contributed by atoms with Crippen molar-refractivity contribution in [1.29, 1.82) is 0 Å². The second-order valence-electron chi connectivity index (χ2n) is 4.53. The quantitative estimate of drug-likeness (QED) is 0.287. The van der Waals surface area contributed by atoms with Crippen LogP contribution in [0.3, 0.4) is 0 Å². The molecule has 1 fully saturated rings. The van der Waals surface area contributed by atoms with E-state index < -0.39 is 26.1 Å². The fraction of sp³-hybridized carbons (Fsp3) is 1.00. The third-order valence-corrected chi connectivity index (χ3v) is 31.3. The van der Waals surface area contributed by atoms with Crippen molar-refractivity contribution in [2.75, 3.05) is 0 Å². The van der Waals surface area contributed by atoms with E-state index in [0.29, 0.717) is 12.1 Å². The van der Waals surface area contributed by atoms with E-state index in [1.807, 2.05) is 0 Å². The Morgan fingerprint density at radius 2 is 1.11 bits per heavy atom. The summed E-state index contributed by atoms with van der Waals surface area (Å²) in [5.74, 6) is 0. The van der Waals surface area contributed by atoms with Crippen molar-refractivity contribution in [3.63, 3.8) is 0 Å². The van der Waals surface area contributed by atoms with Crippen molar-refractivity contribution in [2.24, 2.45) is 0 Å². The minimum atomic E-state index is -3.06. The molecule has 1 saturated heterocycles. The van der Waals surface area contributed by atoms with Crippen molar-refractivity contribution >= 4 is 126 Å². The standard InChI is InChI=1S/C5H9Cl9Si4/c1-15(6,7)4-2-17(10,11)5(18(12,13)14)3-16(4,8)9/h4-5H,2-3H2,1H3. The summed E-state index contributed by atoms with van der Waals surface area (Å²) in [6, 6.07) is -2.28. The molecular formula is C5H9Cl9Si4. The van der Waals surface area contributed by atoms with Crippen molar-refractivity contribution in [3.05, 3.63) is 0 Å². The maximum absolute atomic E-state index is 6.47. The Bertz CT molecular complexity index is 288. The van der Waals surface area contributed by atoms with Gasteiger partial charge in [0.2, 0.25) is 0 Å². The largest absolute Gasteiger partial charge is 0.343 e. The first-order valence-electron chi connectivity index (χ1n) is 4.88. The van der Waals surface area contributed by atoms with E-state index in [1.54, 1.807) is 6.55 Å². The summed E-state index contributed by atoms with van der Waals surface area (Å²) in [6.45, 7) is -6.30. The molecule has 0 bridgehead atoms. The van der Waals surface area contributed by atoms with Crippen LogP contribution in [0.25, 0.3) is 0 Å². The Kier molecular flexibility index (Phi) is 6.69. The molecule has 108 valence electrons. The van der Waals surface area contributed by atoms with Crippen LogP contribution in [0.4, 0.5) is 0 Å². The van der Waals surface area contributed by atoms with Gasteiger partial charge < -0.3 is 0 Å². The lowest BCUT2D eigenvalue weighted by atomic mass is 10.9. The average Bonchev–Trinajstić information content (AvgIpc) is 2.05. The minimum Gasteiger partial charge on any atom is -0.146 e. The van der Waals surface area contributed by atoms with Crippen LogP contribution in [0, 0.1) is 0 Å². The lowest BCUT2D eigenvalue weighted by Gasteiger charge is -2.46. The number of rotatable bonds is 2. The second-order valence-corrected chi connectivity index (χ2v) is 37.0. The van der Waals surface area contributed by atoms with Gasteiger partial charge in [0.25, 0.3) is 20.1 Å². The second kappa shape index (κ2) is 6.17. The van der Waals surface area contributed by atoms with E-state index in [9.17, 15) is 0 Å². The molecule has 0 amide bonds. The average molecular weight is 501 g/mol. The summed E-state index contributed by atoms with van der Waals surface area (Å²) in [6.07, 6.45) is 0. The van der Waals surface area contributed by atoms with Gasteiger partial charge in [0.05, 0.1) is 0 Å². The lowest BCUT2D eigenvalue weighted by Crippen LogP contribution is -2.54. The predicted octanol–water partition coefficient (Wildman–Crippen LogP) is 6.86. The SMILES string of the molecule is C[Si](Cl)(Cl)C1C[Si](Cl)(Cl)C([Si](Cl)(Cl)Cl)C[Si]1(Cl)Cl. The fourth-order valence-electron chi connectivity index (χ4n) is 2.03. The molecule has 0 nitrogen and oxygen atoms in total. The Hall–Kier alpha value is 3.48. The van der Waals surface area contributed by atoms with Gasteiger partial charge >= 0.3 is 6.00 Å². The molecule has 0 spiro atoms. The molecule has 0 aliphatic carbocycles. The van der Waals surface area contributed by atoms with Crippen molar-refractivity contribution < 1.29 is 0 Å². The van der Waals surface area contributed by atoms with Gasteiger partial charge in [-0.15, -0.1) is 99.7 Å². The zero-order valence-corrected chi connectivity index (χ0v) is 19.8. The molecule has 2 atom stereocenters. The molecule has 1 rings (SSSR count). The highest BCUT2D eigenvalue weighted by atomic mass is 35.8. The first-order chi connectivity index (χ1) is 7.68. The molecule has 0 aromatic rings.